The summed E-state index contributed by atoms with van der Waals surface area (Å²) >= 11 is 0. The molecule has 0 fully saturated rings. The highest BCUT2D eigenvalue weighted by molar-refractivity contribution is 6.01. The number of carbonyl (C=O) groups excluding carboxylic acids is 1. The minimum absolute atomic E-state index is 0.143. The van der Waals surface area contributed by atoms with Crippen molar-refractivity contribution in [2.45, 2.75) is 12.5 Å². The van der Waals surface area contributed by atoms with Gasteiger partial charge in [-0.3, -0.25) is 4.90 Å². The van der Waals surface area contributed by atoms with E-state index < -0.39 is 18.0 Å². The van der Waals surface area contributed by atoms with Crippen molar-refractivity contribution >= 4 is 17.7 Å². The maximum absolute atomic E-state index is 12.3. The molecule has 0 saturated carbocycles. The van der Waals surface area contributed by atoms with Crippen molar-refractivity contribution in [3.05, 3.63) is 29.8 Å². The van der Waals surface area contributed by atoms with Gasteiger partial charge in [-0.2, -0.15) is 0 Å². The zero-order valence-electron chi connectivity index (χ0n) is 10.5. The fourth-order valence-electron chi connectivity index (χ4n) is 2.21. The third kappa shape index (κ3) is 2.25. The number of carboxylic acids is 1. The molecule has 1 atom stereocenters. The smallest absolute Gasteiger partial charge is 0.327 e. The largest absolute Gasteiger partial charge is 0.480 e. The zero-order valence-corrected chi connectivity index (χ0v) is 10.5. The van der Waals surface area contributed by atoms with E-state index in [1.165, 1.54) is 9.80 Å². The second-order valence-corrected chi connectivity index (χ2v) is 4.40. The molecule has 1 N–H and O–H groups in total. The standard InChI is InChI=1S/C14H14N2O3/c1-3-8-15(2)14(19)16-11-7-5-4-6-10(11)9-12(16)13(17)18/h1,4-7,12H,8-9H2,2H3,(H,17,18). The van der Waals surface area contributed by atoms with E-state index >= 15 is 0 Å². The van der Waals surface area contributed by atoms with Gasteiger partial charge in [0.05, 0.1) is 6.54 Å². The first-order valence-corrected chi connectivity index (χ1v) is 5.84. The van der Waals surface area contributed by atoms with Crippen LogP contribution in [0.3, 0.4) is 0 Å². The average molecular weight is 258 g/mol. The van der Waals surface area contributed by atoms with Gasteiger partial charge in [-0.15, -0.1) is 6.42 Å². The Balaban J connectivity index is 2.37. The van der Waals surface area contributed by atoms with Crippen LogP contribution in [0.2, 0.25) is 0 Å². The van der Waals surface area contributed by atoms with Gasteiger partial charge in [0.25, 0.3) is 0 Å². The van der Waals surface area contributed by atoms with Crippen LogP contribution in [-0.2, 0) is 11.2 Å². The van der Waals surface area contributed by atoms with Gasteiger partial charge >= 0.3 is 12.0 Å². The minimum atomic E-state index is -1.02. The summed E-state index contributed by atoms with van der Waals surface area (Å²) in [6.07, 6.45) is 5.50. The second kappa shape index (κ2) is 5.02. The van der Waals surface area contributed by atoms with E-state index in [-0.39, 0.29) is 6.54 Å². The molecule has 5 heteroatoms. The highest BCUT2D eigenvalue weighted by Gasteiger charge is 2.39. The Morgan fingerprint density at radius 3 is 2.84 bits per heavy atom. The molecule has 0 radical (unpaired) electrons. The molecule has 19 heavy (non-hydrogen) atoms. The van der Waals surface area contributed by atoms with Crippen LogP contribution in [0.1, 0.15) is 5.56 Å². The summed E-state index contributed by atoms with van der Waals surface area (Å²) in [5.74, 6) is 1.36. The molecule has 1 aromatic rings. The van der Waals surface area contributed by atoms with Crippen molar-refractivity contribution in [3.8, 4) is 12.3 Å². The SMILES string of the molecule is C#CCN(C)C(=O)N1c2ccccc2CC1C(=O)O. The number of amides is 2. The van der Waals surface area contributed by atoms with Crippen molar-refractivity contribution in [2.75, 3.05) is 18.5 Å². The molecule has 0 spiro atoms. The number of benzene rings is 1. The van der Waals surface area contributed by atoms with Crippen molar-refractivity contribution in [3.63, 3.8) is 0 Å². The summed E-state index contributed by atoms with van der Waals surface area (Å²) in [6, 6.07) is 5.93. The van der Waals surface area contributed by atoms with Crippen molar-refractivity contribution in [1.82, 2.24) is 4.90 Å². The van der Waals surface area contributed by atoms with Crippen molar-refractivity contribution in [1.29, 1.82) is 0 Å². The number of urea groups is 1. The fourth-order valence-corrected chi connectivity index (χ4v) is 2.21. The number of rotatable bonds is 2. The Hall–Kier alpha value is -2.48. The third-order valence-corrected chi connectivity index (χ3v) is 3.12. The molecule has 0 aliphatic carbocycles. The van der Waals surface area contributed by atoms with Crippen molar-refractivity contribution in [2.24, 2.45) is 0 Å². The Morgan fingerprint density at radius 2 is 2.21 bits per heavy atom. The molecule has 1 aliphatic heterocycles. The molecule has 1 aliphatic rings. The van der Waals surface area contributed by atoms with Crippen LogP contribution in [-0.4, -0.2) is 41.6 Å². The first kappa shape index (κ1) is 13.0. The second-order valence-electron chi connectivity index (χ2n) is 4.40. The molecule has 0 bridgehead atoms. The number of aliphatic carboxylic acids is 1. The van der Waals surface area contributed by atoms with Gasteiger partial charge in [0.1, 0.15) is 6.04 Å². The fraction of sp³-hybridized carbons (Fsp3) is 0.286. The third-order valence-electron chi connectivity index (χ3n) is 3.12. The molecule has 98 valence electrons. The van der Waals surface area contributed by atoms with E-state index in [1.54, 1.807) is 19.2 Å². The quantitative estimate of drug-likeness (QED) is 0.810. The number of hydrogen-bond acceptors (Lipinski definition) is 2. The van der Waals surface area contributed by atoms with E-state index in [9.17, 15) is 14.7 Å². The van der Waals surface area contributed by atoms with Crippen LogP contribution in [0, 0.1) is 12.3 Å². The minimum Gasteiger partial charge on any atom is -0.480 e. The van der Waals surface area contributed by atoms with E-state index in [0.717, 1.165) is 5.56 Å². The van der Waals surface area contributed by atoms with Crippen LogP contribution < -0.4 is 4.90 Å². The molecule has 1 aromatic carbocycles. The predicted molar refractivity (Wildman–Crippen MR) is 70.9 cm³/mol. The Kier molecular flexibility index (Phi) is 3.43. The van der Waals surface area contributed by atoms with Gasteiger partial charge in [-0.05, 0) is 11.6 Å². The Labute approximate surface area is 111 Å². The lowest BCUT2D eigenvalue weighted by Crippen LogP contribution is -2.48. The van der Waals surface area contributed by atoms with Crippen LogP contribution in [0.4, 0.5) is 10.5 Å². The molecule has 2 rings (SSSR count). The molecule has 1 heterocycles. The van der Waals surface area contributed by atoms with E-state index in [2.05, 4.69) is 5.92 Å². The number of para-hydroxylation sites is 1. The van der Waals surface area contributed by atoms with Crippen molar-refractivity contribution < 1.29 is 14.7 Å². The van der Waals surface area contributed by atoms with E-state index in [1.807, 2.05) is 12.1 Å². The normalized spacial score (nSPS) is 16.6. The molecule has 2 amide bonds. The van der Waals surface area contributed by atoms with Gasteiger partial charge in [-0.25, -0.2) is 9.59 Å². The molecular formula is C14H14N2O3. The van der Waals surface area contributed by atoms with E-state index in [0.29, 0.717) is 12.1 Å². The van der Waals surface area contributed by atoms with Crippen LogP contribution in [0.15, 0.2) is 24.3 Å². The van der Waals surface area contributed by atoms with Crippen LogP contribution in [0.25, 0.3) is 0 Å². The molecule has 0 saturated heterocycles. The number of terminal acetylenes is 1. The molecular weight excluding hydrogens is 244 g/mol. The summed E-state index contributed by atoms with van der Waals surface area (Å²) in [5, 5.41) is 9.26. The number of carboxylic acid groups (broad SMARTS) is 1. The lowest BCUT2D eigenvalue weighted by molar-refractivity contribution is -0.138. The lowest BCUT2D eigenvalue weighted by atomic mass is 10.1. The number of fused-ring (bicyclic) bond motifs is 1. The molecule has 0 aromatic heterocycles. The first-order valence-electron chi connectivity index (χ1n) is 5.84. The van der Waals surface area contributed by atoms with Gasteiger partial charge in [0, 0.05) is 19.2 Å². The summed E-state index contributed by atoms with van der Waals surface area (Å²) in [5.41, 5.74) is 1.50. The number of nitrogens with zero attached hydrogens (tertiary/aromatic N) is 2. The number of carbonyl (C=O) groups is 2. The summed E-state index contributed by atoms with van der Waals surface area (Å²) < 4.78 is 0. The summed E-state index contributed by atoms with van der Waals surface area (Å²) in [7, 11) is 1.56. The maximum Gasteiger partial charge on any atom is 0.327 e. The summed E-state index contributed by atoms with van der Waals surface area (Å²) in [4.78, 5) is 26.3. The number of hydrogen-bond donors (Lipinski definition) is 1. The van der Waals surface area contributed by atoms with Gasteiger partial charge in [0.15, 0.2) is 0 Å². The topological polar surface area (TPSA) is 60.9 Å². The molecule has 5 nitrogen and oxygen atoms in total. The van der Waals surface area contributed by atoms with Gasteiger partial charge in [0.2, 0.25) is 0 Å². The Bertz CT molecular complexity index is 562. The van der Waals surface area contributed by atoms with Gasteiger partial charge < -0.3 is 10.0 Å². The average Bonchev–Trinajstić information content (AvgIpc) is 2.77. The van der Waals surface area contributed by atoms with E-state index in [4.69, 9.17) is 6.42 Å². The maximum atomic E-state index is 12.3. The first-order chi connectivity index (χ1) is 9.06. The summed E-state index contributed by atoms with van der Waals surface area (Å²) in [6.45, 7) is 0.143. The lowest BCUT2D eigenvalue weighted by Gasteiger charge is -2.27. The monoisotopic (exact) mass is 258 g/mol. The Morgan fingerprint density at radius 1 is 1.53 bits per heavy atom. The molecule has 1 unspecified atom stereocenters. The highest BCUT2D eigenvalue weighted by atomic mass is 16.4. The predicted octanol–water partition coefficient (Wildman–Crippen LogP) is 1.19. The highest BCUT2D eigenvalue weighted by Crippen LogP contribution is 2.32. The number of anilines is 1. The van der Waals surface area contributed by atoms with Crippen LogP contribution >= 0.6 is 0 Å². The van der Waals surface area contributed by atoms with Gasteiger partial charge in [-0.1, -0.05) is 24.1 Å². The van der Waals surface area contributed by atoms with Crippen LogP contribution in [0.5, 0.6) is 0 Å². The zero-order chi connectivity index (χ0) is 14.0.